The van der Waals surface area contributed by atoms with E-state index in [1.165, 1.54) is 6.07 Å². The van der Waals surface area contributed by atoms with E-state index in [2.05, 4.69) is 10.00 Å². The Bertz CT molecular complexity index is 720. The van der Waals surface area contributed by atoms with Gasteiger partial charge >= 0.3 is 0 Å². The second kappa shape index (κ2) is 7.97. The Hall–Kier alpha value is -1.92. The first-order valence-corrected chi connectivity index (χ1v) is 8.84. The van der Waals surface area contributed by atoms with Gasteiger partial charge in [0.25, 0.3) is 0 Å². The Morgan fingerprint density at radius 1 is 1.24 bits per heavy atom. The summed E-state index contributed by atoms with van der Waals surface area (Å²) in [5.74, 6) is -0.141. The molecule has 0 atom stereocenters. The lowest BCUT2D eigenvalue weighted by molar-refractivity contribution is -0.133. The zero-order chi connectivity index (χ0) is 17.8. The van der Waals surface area contributed by atoms with E-state index in [1.54, 1.807) is 16.8 Å². The Labute approximate surface area is 152 Å². The van der Waals surface area contributed by atoms with E-state index in [-0.39, 0.29) is 11.7 Å². The van der Waals surface area contributed by atoms with Gasteiger partial charge in [-0.3, -0.25) is 14.4 Å². The molecule has 1 aliphatic rings. The van der Waals surface area contributed by atoms with Crippen molar-refractivity contribution in [1.29, 1.82) is 0 Å². The monoisotopic (exact) mass is 364 g/mol. The fourth-order valence-electron chi connectivity index (χ4n) is 3.02. The van der Waals surface area contributed by atoms with E-state index in [0.29, 0.717) is 43.2 Å². The van der Waals surface area contributed by atoms with Gasteiger partial charge in [-0.25, -0.2) is 4.39 Å². The summed E-state index contributed by atoms with van der Waals surface area (Å²) >= 11 is 6.09. The molecule has 1 aliphatic heterocycles. The Kier molecular flexibility index (Phi) is 5.71. The number of aromatic nitrogens is 2. The van der Waals surface area contributed by atoms with E-state index < -0.39 is 0 Å². The van der Waals surface area contributed by atoms with Crippen molar-refractivity contribution in [2.75, 3.05) is 26.2 Å². The number of nitrogens with zero attached hydrogens (tertiary/aromatic N) is 4. The number of aryl methyl sites for hydroxylation is 2. The van der Waals surface area contributed by atoms with E-state index in [0.717, 1.165) is 18.8 Å². The second-order valence-electron chi connectivity index (χ2n) is 6.33. The van der Waals surface area contributed by atoms with Crippen LogP contribution >= 0.6 is 11.6 Å². The van der Waals surface area contributed by atoms with Gasteiger partial charge in [0.1, 0.15) is 5.82 Å². The average Bonchev–Trinajstić information content (AvgIpc) is 3.02. The maximum atomic E-state index is 13.9. The Morgan fingerprint density at radius 3 is 2.64 bits per heavy atom. The van der Waals surface area contributed by atoms with Crippen LogP contribution in [0.5, 0.6) is 0 Å². The number of carbonyl (C=O) groups excluding carboxylic acids is 1. The number of amides is 1. The predicted octanol–water partition coefficient (Wildman–Crippen LogP) is 2.72. The van der Waals surface area contributed by atoms with Crippen LogP contribution in [0.4, 0.5) is 4.39 Å². The lowest BCUT2D eigenvalue weighted by atomic mass is 10.1. The van der Waals surface area contributed by atoms with E-state index >= 15 is 0 Å². The van der Waals surface area contributed by atoms with Crippen LogP contribution in [-0.2, 0) is 17.9 Å². The molecule has 0 aliphatic carbocycles. The van der Waals surface area contributed by atoms with Crippen molar-refractivity contribution in [3.63, 3.8) is 0 Å². The van der Waals surface area contributed by atoms with Gasteiger partial charge in [0, 0.05) is 62.5 Å². The standard InChI is InChI=1S/C18H22ClFN4O/c1-14-5-7-24(21-14)8-6-18(25)23-11-9-22(10-12-23)13-15-16(19)3-2-4-17(15)20/h2-5,7H,6,8-13H2,1H3. The van der Waals surface area contributed by atoms with Crippen LogP contribution in [0, 0.1) is 12.7 Å². The quantitative estimate of drug-likeness (QED) is 0.819. The summed E-state index contributed by atoms with van der Waals surface area (Å²) in [6.07, 6.45) is 2.33. The molecular weight excluding hydrogens is 343 g/mol. The molecule has 1 aromatic carbocycles. The van der Waals surface area contributed by atoms with E-state index in [1.807, 2.05) is 24.1 Å². The van der Waals surface area contributed by atoms with Gasteiger partial charge in [-0.15, -0.1) is 0 Å². The maximum Gasteiger partial charge on any atom is 0.224 e. The van der Waals surface area contributed by atoms with Gasteiger partial charge in [0.05, 0.1) is 5.69 Å². The Balaban J connectivity index is 1.47. The molecule has 0 spiro atoms. The third-order valence-corrected chi connectivity index (χ3v) is 4.85. The van der Waals surface area contributed by atoms with Gasteiger partial charge in [-0.1, -0.05) is 17.7 Å². The summed E-state index contributed by atoms with van der Waals surface area (Å²) in [4.78, 5) is 16.3. The van der Waals surface area contributed by atoms with E-state index in [4.69, 9.17) is 11.6 Å². The molecule has 3 rings (SSSR count). The molecule has 2 aromatic rings. The van der Waals surface area contributed by atoms with Crippen molar-refractivity contribution in [3.05, 3.63) is 52.6 Å². The molecule has 5 nitrogen and oxygen atoms in total. The molecule has 1 amide bonds. The number of carbonyl (C=O) groups is 1. The predicted molar refractivity (Wildman–Crippen MR) is 94.8 cm³/mol. The van der Waals surface area contributed by atoms with Crippen LogP contribution < -0.4 is 0 Å². The minimum atomic E-state index is -0.277. The van der Waals surface area contributed by atoms with Gasteiger partial charge in [0.15, 0.2) is 0 Å². The SMILES string of the molecule is Cc1ccn(CCC(=O)N2CCN(Cc3c(F)cccc3Cl)CC2)n1. The molecule has 1 fully saturated rings. The van der Waals surface area contributed by atoms with Crippen molar-refractivity contribution >= 4 is 17.5 Å². The molecular formula is C18H22ClFN4O. The molecule has 2 heterocycles. The summed E-state index contributed by atoms with van der Waals surface area (Å²) in [5, 5.41) is 4.74. The van der Waals surface area contributed by atoms with Gasteiger partial charge in [0.2, 0.25) is 5.91 Å². The summed E-state index contributed by atoms with van der Waals surface area (Å²) in [6, 6.07) is 6.67. The third-order valence-electron chi connectivity index (χ3n) is 4.50. The van der Waals surface area contributed by atoms with Crippen LogP contribution in [0.25, 0.3) is 0 Å². The minimum absolute atomic E-state index is 0.136. The zero-order valence-electron chi connectivity index (χ0n) is 14.3. The molecule has 1 aromatic heterocycles. The molecule has 0 unspecified atom stereocenters. The van der Waals surface area contributed by atoms with Crippen molar-refractivity contribution in [3.8, 4) is 0 Å². The van der Waals surface area contributed by atoms with Gasteiger partial charge < -0.3 is 4.90 Å². The summed E-state index contributed by atoms with van der Waals surface area (Å²) in [6.45, 7) is 5.75. The average molecular weight is 365 g/mol. The van der Waals surface area contributed by atoms with E-state index in [9.17, 15) is 9.18 Å². The number of rotatable bonds is 5. The number of hydrogen-bond donors (Lipinski definition) is 0. The summed E-state index contributed by atoms with van der Waals surface area (Å²) in [7, 11) is 0. The fraction of sp³-hybridized carbons (Fsp3) is 0.444. The first-order chi connectivity index (χ1) is 12.0. The van der Waals surface area contributed by atoms with Crippen molar-refractivity contribution in [2.24, 2.45) is 0 Å². The molecule has 0 N–H and O–H groups in total. The van der Waals surface area contributed by atoms with Crippen molar-refractivity contribution < 1.29 is 9.18 Å². The highest BCUT2D eigenvalue weighted by atomic mass is 35.5. The number of halogens is 2. The molecule has 25 heavy (non-hydrogen) atoms. The summed E-state index contributed by atoms with van der Waals surface area (Å²) < 4.78 is 15.7. The maximum absolute atomic E-state index is 13.9. The Morgan fingerprint density at radius 2 is 2.00 bits per heavy atom. The molecule has 0 bridgehead atoms. The van der Waals surface area contributed by atoms with Crippen LogP contribution in [0.3, 0.4) is 0 Å². The largest absolute Gasteiger partial charge is 0.340 e. The van der Waals surface area contributed by atoms with Gasteiger partial charge in [-0.2, -0.15) is 5.10 Å². The minimum Gasteiger partial charge on any atom is -0.340 e. The van der Waals surface area contributed by atoms with Crippen LogP contribution in [0.2, 0.25) is 5.02 Å². The first-order valence-electron chi connectivity index (χ1n) is 8.46. The molecule has 134 valence electrons. The number of benzene rings is 1. The van der Waals surface area contributed by atoms with Crippen LogP contribution in [0.15, 0.2) is 30.5 Å². The molecule has 0 saturated carbocycles. The van der Waals surface area contributed by atoms with Crippen molar-refractivity contribution in [2.45, 2.75) is 26.4 Å². The van der Waals surface area contributed by atoms with Crippen LogP contribution in [0.1, 0.15) is 17.7 Å². The smallest absolute Gasteiger partial charge is 0.224 e. The van der Waals surface area contributed by atoms with Crippen molar-refractivity contribution in [1.82, 2.24) is 19.6 Å². The third kappa shape index (κ3) is 4.58. The molecule has 0 radical (unpaired) electrons. The normalized spacial score (nSPS) is 15.6. The highest BCUT2D eigenvalue weighted by Gasteiger charge is 2.22. The second-order valence-corrected chi connectivity index (χ2v) is 6.73. The number of piperazine rings is 1. The highest BCUT2D eigenvalue weighted by molar-refractivity contribution is 6.31. The topological polar surface area (TPSA) is 41.4 Å². The molecule has 7 heteroatoms. The fourth-order valence-corrected chi connectivity index (χ4v) is 3.24. The van der Waals surface area contributed by atoms with Crippen LogP contribution in [-0.4, -0.2) is 51.7 Å². The first kappa shape index (κ1) is 17.9. The summed E-state index contributed by atoms with van der Waals surface area (Å²) in [5.41, 5.74) is 1.48. The molecule has 1 saturated heterocycles. The lowest BCUT2D eigenvalue weighted by Gasteiger charge is -2.35. The lowest BCUT2D eigenvalue weighted by Crippen LogP contribution is -2.48. The number of hydrogen-bond acceptors (Lipinski definition) is 3. The van der Waals surface area contributed by atoms with Gasteiger partial charge in [-0.05, 0) is 25.1 Å². The highest BCUT2D eigenvalue weighted by Crippen LogP contribution is 2.21. The zero-order valence-corrected chi connectivity index (χ0v) is 15.0.